The Morgan fingerprint density at radius 2 is 1.72 bits per heavy atom. The summed E-state index contributed by atoms with van der Waals surface area (Å²) in [5.41, 5.74) is 4.11. The van der Waals surface area contributed by atoms with E-state index in [0.717, 1.165) is 31.9 Å². The van der Waals surface area contributed by atoms with E-state index < -0.39 is 8.56 Å². The van der Waals surface area contributed by atoms with Gasteiger partial charge in [0.15, 0.2) is 0 Å². The largest absolute Gasteiger partial charge is 0.393 e. The van der Waals surface area contributed by atoms with Gasteiger partial charge in [-0.05, 0) is 62.8 Å². The summed E-state index contributed by atoms with van der Waals surface area (Å²) in [6.07, 6.45) is 9.86. The van der Waals surface area contributed by atoms with E-state index >= 15 is 0 Å². The smallest absolute Gasteiger partial charge is 0.371 e. The van der Waals surface area contributed by atoms with Gasteiger partial charge in [-0.1, -0.05) is 43.2 Å². The van der Waals surface area contributed by atoms with Gasteiger partial charge in [0.1, 0.15) is 5.22 Å². The van der Waals surface area contributed by atoms with Crippen LogP contribution in [0.3, 0.4) is 0 Å². The molecule has 0 N–H and O–H groups in total. The maximum absolute atomic E-state index is 6.48. The normalized spacial score (nSPS) is 24.0. The molecule has 1 aliphatic heterocycles. The highest BCUT2D eigenvalue weighted by molar-refractivity contribution is 6.70. The molecule has 0 aromatic heterocycles. The van der Waals surface area contributed by atoms with E-state index in [9.17, 15) is 0 Å². The highest BCUT2D eigenvalue weighted by atomic mass is 28.4. The van der Waals surface area contributed by atoms with Gasteiger partial charge in [0.2, 0.25) is 0 Å². The Morgan fingerprint density at radius 3 is 2.32 bits per heavy atom. The Labute approximate surface area is 153 Å². The van der Waals surface area contributed by atoms with Crippen molar-refractivity contribution in [2.75, 3.05) is 19.8 Å². The van der Waals surface area contributed by atoms with E-state index in [1.165, 1.54) is 29.5 Å². The van der Waals surface area contributed by atoms with E-state index in [4.69, 9.17) is 13.6 Å². The van der Waals surface area contributed by atoms with Crippen molar-refractivity contribution in [3.8, 4) is 0 Å². The van der Waals surface area contributed by atoms with Crippen LogP contribution < -0.4 is 0 Å². The summed E-state index contributed by atoms with van der Waals surface area (Å²) in [6.45, 7) is 8.42. The van der Waals surface area contributed by atoms with Gasteiger partial charge in [-0.15, -0.1) is 0 Å². The Morgan fingerprint density at radius 1 is 0.960 bits per heavy atom. The predicted molar refractivity (Wildman–Crippen MR) is 106 cm³/mol. The minimum atomic E-state index is -2.38. The van der Waals surface area contributed by atoms with Crippen molar-refractivity contribution < 1.29 is 13.6 Å². The van der Waals surface area contributed by atoms with Crippen molar-refractivity contribution in [1.82, 2.24) is 0 Å². The van der Waals surface area contributed by atoms with Gasteiger partial charge in [0.25, 0.3) is 0 Å². The van der Waals surface area contributed by atoms with Crippen molar-refractivity contribution in [3.05, 3.63) is 34.9 Å². The van der Waals surface area contributed by atoms with E-state index in [-0.39, 0.29) is 5.22 Å². The van der Waals surface area contributed by atoms with Crippen molar-refractivity contribution in [2.45, 2.75) is 64.1 Å². The molecule has 1 aromatic carbocycles. The van der Waals surface area contributed by atoms with Crippen LogP contribution in [0.4, 0.5) is 0 Å². The predicted octanol–water partition coefficient (Wildman–Crippen LogP) is 5.12. The lowest BCUT2D eigenvalue weighted by molar-refractivity contribution is -0.0453. The molecule has 1 aliphatic carbocycles. The van der Waals surface area contributed by atoms with Crippen molar-refractivity contribution in [2.24, 2.45) is 0 Å². The number of benzene rings is 1. The molecule has 0 saturated carbocycles. The average molecular weight is 361 g/mol. The molecule has 138 valence electrons. The first-order valence-corrected chi connectivity index (χ1v) is 11.9. The highest BCUT2D eigenvalue weighted by Crippen LogP contribution is 2.44. The minimum Gasteiger partial charge on any atom is -0.393 e. The van der Waals surface area contributed by atoms with E-state index in [2.05, 4.69) is 51.1 Å². The minimum absolute atomic E-state index is 0.217. The maximum atomic E-state index is 6.48. The number of ether oxygens (including phenoxy) is 1. The summed E-state index contributed by atoms with van der Waals surface area (Å²) in [5, 5.41) is -0.217. The second-order valence-electron chi connectivity index (χ2n) is 7.05. The van der Waals surface area contributed by atoms with Crippen molar-refractivity contribution >= 4 is 20.7 Å². The second-order valence-corrected chi connectivity index (χ2v) is 10.5. The third kappa shape index (κ3) is 3.63. The van der Waals surface area contributed by atoms with Gasteiger partial charge in [0, 0.05) is 19.8 Å². The molecule has 1 aromatic rings. The van der Waals surface area contributed by atoms with Crippen LogP contribution in [0.1, 0.15) is 63.1 Å². The molecule has 3 rings (SSSR count). The van der Waals surface area contributed by atoms with Crippen LogP contribution in [0.25, 0.3) is 12.2 Å². The lowest BCUT2D eigenvalue weighted by atomic mass is 9.93. The van der Waals surface area contributed by atoms with Crippen molar-refractivity contribution in [3.63, 3.8) is 0 Å². The molecule has 4 heteroatoms. The molecular weight excluding hydrogens is 328 g/mol. The molecule has 1 unspecified atom stereocenters. The molecule has 3 nitrogen and oxygen atoms in total. The second kappa shape index (κ2) is 8.17. The first-order valence-electron chi connectivity index (χ1n) is 9.91. The van der Waals surface area contributed by atoms with Crippen LogP contribution in [0.15, 0.2) is 18.2 Å². The standard InChI is InChI=1S/C21H32O3Si/c1-4-22-21(14-7-8-16-25(21,23-5-2)24-6-3)15-13-18-9-10-19-11-12-20(19)17-18/h9-12,17H,4-8,13-16H2,1-3H3. The van der Waals surface area contributed by atoms with Crippen LogP contribution in [0.2, 0.25) is 6.04 Å². The number of rotatable bonds is 9. The molecule has 1 fully saturated rings. The number of fused-ring (bicyclic) bond motifs is 1. The van der Waals surface area contributed by atoms with E-state index in [1.807, 2.05) is 0 Å². The van der Waals surface area contributed by atoms with Crippen LogP contribution in [0.5, 0.6) is 0 Å². The molecule has 25 heavy (non-hydrogen) atoms. The summed E-state index contributed by atoms with van der Waals surface area (Å²) in [5.74, 6) is 0. The Bertz CT molecular complexity index is 598. The monoisotopic (exact) mass is 360 g/mol. The summed E-state index contributed by atoms with van der Waals surface area (Å²) in [7, 11) is -2.38. The van der Waals surface area contributed by atoms with Gasteiger partial charge in [-0.2, -0.15) is 0 Å². The van der Waals surface area contributed by atoms with Gasteiger partial charge in [-0.3, -0.25) is 0 Å². The van der Waals surface area contributed by atoms with E-state index in [1.54, 1.807) is 0 Å². The average Bonchev–Trinajstić information content (AvgIpc) is 2.58. The first kappa shape index (κ1) is 18.8. The summed E-state index contributed by atoms with van der Waals surface area (Å²) in [4.78, 5) is 0. The first-order chi connectivity index (χ1) is 12.2. The SMILES string of the molecule is CCOC1(CCc2ccc3c(c2)C=C3)CCCC[Si]1(OCC)OCC. The van der Waals surface area contributed by atoms with Gasteiger partial charge < -0.3 is 13.6 Å². The summed E-state index contributed by atoms with van der Waals surface area (Å²) in [6, 6.07) is 7.87. The maximum Gasteiger partial charge on any atom is 0.371 e. The zero-order chi connectivity index (χ0) is 17.8. The van der Waals surface area contributed by atoms with Crippen LogP contribution in [0, 0.1) is 0 Å². The zero-order valence-corrected chi connectivity index (χ0v) is 17.0. The van der Waals surface area contributed by atoms with Gasteiger partial charge in [-0.25, -0.2) is 0 Å². The third-order valence-corrected chi connectivity index (χ3v) is 10.2. The summed E-state index contributed by atoms with van der Waals surface area (Å²) >= 11 is 0. The lowest BCUT2D eigenvalue weighted by Crippen LogP contribution is -2.66. The quantitative estimate of drug-likeness (QED) is 0.581. The van der Waals surface area contributed by atoms with Gasteiger partial charge in [0.05, 0.1) is 0 Å². The van der Waals surface area contributed by atoms with Crippen LogP contribution in [-0.2, 0) is 20.0 Å². The van der Waals surface area contributed by atoms with Crippen LogP contribution >= 0.6 is 0 Å². The third-order valence-electron chi connectivity index (χ3n) is 5.62. The fourth-order valence-electron chi connectivity index (χ4n) is 4.45. The Kier molecular flexibility index (Phi) is 6.15. The molecule has 0 bridgehead atoms. The van der Waals surface area contributed by atoms with Crippen molar-refractivity contribution in [1.29, 1.82) is 0 Å². The van der Waals surface area contributed by atoms with Crippen LogP contribution in [-0.4, -0.2) is 33.6 Å². The molecule has 1 heterocycles. The molecular formula is C21H32O3Si. The Hall–Kier alpha value is -0.943. The molecule has 2 aliphatic rings. The fraction of sp³-hybridized carbons (Fsp3) is 0.619. The van der Waals surface area contributed by atoms with E-state index in [0.29, 0.717) is 13.2 Å². The molecule has 1 saturated heterocycles. The molecule has 0 amide bonds. The number of hydrogen-bond donors (Lipinski definition) is 0. The molecule has 1 atom stereocenters. The Balaban J connectivity index is 1.82. The zero-order valence-electron chi connectivity index (χ0n) is 16.0. The fourth-order valence-corrected chi connectivity index (χ4v) is 8.88. The molecule has 0 spiro atoms. The number of aryl methyl sites for hydroxylation is 1. The topological polar surface area (TPSA) is 27.7 Å². The lowest BCUT2D eigenvalue weighted by Gasteiger charge is -2.49. The highest BCUT2D eigenvalue weighted by Gasteiger charge is 2.59. The molecule has 0 radical (unpaired) electrons. The number of hydrogen-bond acceptors (Lipinski definition) is 3. The van der Waals surface area contributed by atoms with Gasteiger partial charge >= 0.3 is 8.56 Å². The summed E-state index contributed by atoms with van der Waals surface area (Å²) < 4.78 is 19.3.